The molecule has 33 heavy (non-hydrogen) atoms. The van der Waals surface area contributed by atoms with Crippen LogP contribution in [0.15, 0.2) is 59.6 Å². The maximum absolute atomic E-state index is 13.2. The van der Waals surface area contributed by atoms with E-state index in [1.807, 2.05) is 13.0 Å². The molecule has 0 aromatic heterocycles. The highest BCUT2D eigenvalue weighted by Crippen LogP contribution is 2.24. The molecule has 1 amide bonds. The fourth-order valence-corrected chi connectivity index (χ4v) is 4.08. The minimum absolute atomic E-state index is 0. The molecule has 2 aromatic rings. The number of carbonyl (C=O) groups is 1. The van der Waals surface area contributed by atoms with Crippen molar-refractivity contribution in [2.75, 3.05) is 32.7 Å². The second-order valence-corrected chi connectivity index (χ2v) is 8.20. The van der Waals surface area contributed by atoms with E-state index in [-0.39, 0.29) is 42.4 Å². The van der Waals surface area contributed by atoms with Crippen molar-refractivity contribution in [1.29, 1.82) is 0 Å². The summed E-state index contributed by atoms with van der Waals surface area (Å²) in [6.45, 7) is 5.89. The van der Waals surface area contributed by atoms with Crippen LogP contribution < -0.4 is 16.4 Å². The van der Waals surface area contributed by atoms with Crippen LogP contribution in [0.4, 0.5) is 4.39 Å². The average Bonchev–Trinajstić information content (AvgIpc) is 3.33. The van der Waals surface area contributed by atoms with E-state index in [1.165, 1.54) is 30.5 Å². The minimum Gasteiger partial charge on any atom is -0.369 e. The zero-order chi connectivity index (χ0) is 22.8. The van der Waals surface area contributed by atoms with Gasteiger partial charge in [-0.1, -0.05) is 42.5 Å². The molecule has 0 saturated carbocycles. The van der Waals surface area contributed by atoms with Gasteiger partial charge in [-0.15, -0.1) is 24.0 Å². The molecule has 1 aliphatic rings. The molecule has 0 spiro atoms. The molecule has 180 valence electrons. The van der Waals surface area contributed by atoms with Crippen LogP contribution in [0.3, 0.4) is 0 Å². The molecule has 1 saturated heterocycles. The van der Waals surface area contributed by atoms with Crippen molar-refractivity contribution >= 4 is 35.8 Å². The summed E-state index contributed by atoms with van der Waals surface area (Å²) >= 11 is 0. The molecule has 2 aromatic carbocycles. The molecular weight excluding hydrogens is 532 g/mol. The third-order valence-electron chi connectivity index (χ3n) is 5.84. The summed E-state index contributed by atoms with van der Waals surface area (Å²) in [5.41, 5.74) is 7.77. The first-order valence-electron chi connectivity index (χ1n) is 11.4. The minimum atomic E-state index is -0.459. The maximum Gasteiger partial charge on any atom is 0.222 e. The first kappa shape index (κ1) is 27.0. The van der Waals surface area contributed by atoms with E-state index >= 15 is 0 Å². The monoisotopic (exact) mass is 567 g/mol. The number of halogens is 2. The SMILES string of the molecule is CCNC(=NCC(Cc1ccc(F)cc1)C(N)=O)NCC(c1ccccc1)N1CCCC1.I. The van der Waals surface area contributed by atoms with E-state index in [2.05, 4.69) is 44.8 Å². The van der Waals surface area contributed by atoms with Gasteiger partial charge in [-0.2, -0.15) is 0 Å². The summed E-state index contributed by atoms with van der Waals surface area (Å²) in [6, 6.07) is 16.9. The molecule has 2 unspecified atom stereocenters. The Bertz CT molecular complexity index is 872. The highest BCUT2D eigenvalue weighted by Gasteiger charge is 2.23. The first-order valence-corrected chi connectivity index (χ1v) is 11.4. The second-order valence-electron chi connectivity index (χ2n) is 8.20. The summed E-state index contributed by atoms with van der Waals surface area (Å²) in [5, 5.41) is 6.72. The third-order valence-corrected chi connectivity index (χ3v) is 5.84. The summed E-state index contributed by atoms with van der Waals surface area (Å²) in [7, 11) is 0. The van der Waals surface area contributed by atoms with Gasteiger partial charge in [0.15, 0.2) is 5.96 Å². The number of nitrogens with zero attached hydrogens (tertiary/aromatic N) is 2. The molecule has 6 nitrogen and oxygen atoms in total. The average molecular weight is 567 g/mol. The van der Waals surface area contributed by atoms with Gasteiger partial charge in [0.2, 0.25) is 5.91 Å². The normalized spacial score (nSPS) is 16.0. The Labute approximate surface area is 213 Å². The van der Waals surface area contributed by atoms with Gasteiger partial charge in [-0.25, -0.2) is 4.39 Å². The van der Waals surface area contributed by atoms with Crippen molar-refractivity contribution in [2.45, 2.75) is 32.2 Å². The lowest BCUT2D eigenvalue weighted by Crippen LogP contribution is -2.43. The predicted octanol–water partition coefficient (Wildman–Crippen LogP) is 3.48. The maximum atomic E-state index is 13.2. The van der Waals surface area contributed by atoms with E-state index in [0.717, 1.165) is 25.2 Å². The van der Waals surface area contributed by atoms with Crippen molar-refractivity contribution < 1.29 is 9.18 Å². The van der Waals surface area contributed by atoms with Gasteiger partial charge in [0.05, 0.1) is 18.5 Å². The van der Waals surface area contributed by atoms with Crippen LogP contribution in [0.25, 0.3) is 0 Å². The number of primary amides is 1. The number of likely N-dealkylation sites (tertiary alicyclic amines) is 1. The summed E-state index contributed by atoms with van der Waals surface area (Å²) in [6.07, 6.45) is 2.88. The molecule has 1 heterocycles. The molecular formula is C25H35FIN5O. The quantitative estimate of drug-likeness (QED) is 0.233. The number of nitrogens with one attached hydrogen (secondary N) is 2. The highest BCUT2D eigenvalue weighted by atomic mass is 127. The van der Waals surface area contributed by atoms with Crippen molar-refractivity contribution in [3.05, 3.63) is 71.5 Å². The fourth-order valence-electron chi connectivity index (χ4n) is 4.08. The van der Waals surface area contributed by atoms with Crippen LogP contribution in [0.5, 0.6) is 0 Å². The van der Waals surface area contributed by atoms with Gasteiger partial charge in [-0.05, 0) is 62.5 Å². The standard InChI is InChI=1S/C25H34FN5O.HI/c1-2-28-25(29-17-21(24(27)32)16-19-10-12-22(26)13-11-19)30-18-23(31-14-6-7-15-31)20-8-4-3-5-9-20;/h3-5,8-13,21,23H,2,6-7,14-18H2,1H3,(H2,27,32)(H2,28,29,30);1H. The van der Waals surface area contributed by atoms with Gasteiger partial charge in [0, 0.05) is 13.1 Å². The Hall–Kier alpha value is -2.20. The molecule has 1 aliphatic heterocycles. The molecule has 0 aliphatic carbocycles. The van der Waals surface area contributed by atoms with Crippen molar-refractivity contribution in [1.82, 2.24) is 15.5 Å². The number of hydrogen-bond acceptors (Lipinski definition) is 3. The molecule has 8 heteroatoms. The Balaban J connectivity index is 0.00000385. The number of nitrogens with two attached hydrogens (primary N) is 1. The van der Waals surface area contributed by atoms with Gasteiger partial charge in [-0.3, -0.25) is 14.7 Å². The largest absolute Gasteiger partial charge is 0.369 e. The Morgan fingerprint density at radius 2 is 1.76 bits per heavy atom. The molecule has 0 bridgehead atoms. The van der Waals surface area contributed by atoms with Crippen molar-refractivity contribution in [2.24, 2.45) is 16.6 Å². The molecule has 4 N–H and O–H groups in total. The summed E-state index contributed by atoms with van der Waals surface area (Å²) in [4.78, 5) is 19.1. The van der Waals surface area contributed by atoms with Gasteiger partial charge in [0.1, 0.15) is 5.82 Å². The van der Waals surface area contributed by atoms with E-state index < -0.39 is 11.8 Å². The van der Waals surface area contributed by atoms with Crippen LogP contribution in [-0.4, -0.2) is 49.5 Å². The van der Waals surface area contributed by atoms with E-state index in [0.29, 0.717) is 18.9 Å². The van der Waals surface area contributed by atoms with Crippen molar-refractivity contribution in [3.8, 4) is 0 Å². The smallest absolute Gasteiger partial charge is 0.222 e. The highest BCUT2D eigenvalue weighted by molar-refractivity contribution is 14.0. The topological polar surface area (TPSA) is 82.7 Å². The van der Waals surface area contributed by atoms with Crippen LogP contribution >= 0.6 is 24.0 Å². The number of amides is 1. The molecule has 3 rings (SSSR count). The molecule has 2 atom stereocenters. The zero-order valence-corrected chi connectivity index (χ0v) is 21.5. The van der Waals surface area contributed by atoms with Crippen LogP contribution in [-0.2, 0) is 11.2 Å². The Morgan fingerprint density at radius 1 is 1.09 bits per heavy atom. The number of hydrogen-bond donors (Lipinski definition) is 3. The van der Waals surface area contributed by atoms with Gasteiger partial charge < -0.3 is 16.4 Å². The predicted molar refractivity (Wildman–Crippen MR) is 142 cm³/mol. The van der Waals surface area contributed by atoms with E-state index in [9.17, 15) is 9.18 Å². The summed E-state index contributed by atoms with van der Waals surface area (Å²) in [5.74, 6) is -0.502. The Morgan fingerprint density at radius 3 is 2.36 bits per heavy atom. The first-order chi connectivity index (χ1) is 15.6. The fraction of sp³-hybridized carbons (Fsp3) is 0.440. The number of aliphatic imine (C=N–C) groups is 1. The summed E-state index contributed by atoms with van der Waals surface area (Å²) < 4.78 is 13.2. The van der Waals surface area contributed by atoms with E-state index in [1.54, 1.807) is 12.1 Å². The lowest BCUT2D eigenvalue weighted by atomic mass is 9.99. The van der Waals surface area contributed by atoms with E-state index in [4.69, 9.17) is 5.73 Å². The number of carbonyl (C=O) groups excluding carboxylic acids is 1. The molecule has 1 fully saturated rings. The van der Waals surface area contributed by atoms with Gasteiger partial charge in [0.25, 0.3) is 0 Å². The van der Waals surface area contributed by atoms with Gasteiger partial charge >= 0.3 is 0 Å². The lowest BCUT2D eigenvalue weighted by Gasteiger charge is -2.29. The lowest BCUT2D eigenvalue weighted by molar-refractivity contribution is -0.121. The number of guanidine groups is 1. The van der Waals surface area contributed by atoms with Crippen LogP contribution in [0.2, 0.25) is 0 Å². The second kappa shape index (κ2) is 14.1. The number of rotatable bonds is 10. The Kier molecular flexibility index (Phi) is 11.6. The zero-order valence-electron chi connectivity index (χ0n) is 19.2. The van der Waals surface area contributed by atoms with Crippen molar-refractivity contribution in [3.63, 3.8) is 0 Å². The van der Waals surface area contributed by atoms with Crippen LogP contribution in [0.1, 0.15) is 36.9 Å². The third kappa shape index (κ3) is 8.58. The number of benzene rings is 2. The van der Waals surface area contributed by atoms with Crippen LogP contribution in [0, 0.1) is 11.7 Å². The molecule has 0 radical (unpaired) electrons.